The number of carbonyl (C=O) groups excluding carboxylic acids is 1. The lowest BCUT2D eigenvalue weighted by Crippen LogP contribution is -2.40. The standard InChI is InChI=1S/C14H20N2O5S/c1-4-16(10-14(17)15(2)3)22(18,19)11-5-6-12-13(9-11)21-8-7-20-12/h5-6,9H,4,7-8,10H2,1-3H3. The zero-order valence-electron chi connectivity index (χ0n) is 12.9. The van der Waals surface area contributed by atoms with Gasteiger partial charge in [0.25, 0.3) is 0 Å². The summed E-state index contributed by atoms with van der Waals surface area (Å²) in [7, 11) is -0.583. The normalized spacial score (nSPS) is 14.0. The van der Waals surface area contributed by atoms with Crippen molar-refractivity contribution < 1.29 is 22.7 Å². The molecule has 0 radical (unpaired) electrons. The second kappa shape index (κ2) is 6.53. The molecule has 22 heavy (non-hydrogen) atoms. The average molecular weight is 328 g/mol. The monoisotopic (exact) mass is 328 g/mol. The van der Waals surface area contributed by atoms with Crippen LogP contribution in [0.15, 0.2) is 23.1 Å². The molecule has 0 unspecified atom stereocenters. The van der Waals surface area contributed by atoms with Gasteiger partial charge in [-0.05, 0) is 12.1 Å². The SMILES string of the molecule is CCN(CC(=O)N(C)C)S(=O)(=O)c1ccc2c(c1)OCCO2. The topological polar surface area (TPSA) is 76.2 Å². The smallest absolute Gasteiger partial charge is 0.243 e. The van der Waals surface area contributed by atoms with Crippen LogP contribution < -0.4 is 9.47 Å². The first-order valence-electron chi connectivity index (χ1n) is 6.96. The van der Waals surface area contributed by atoms with Crippen LogP contribution in [0.4, 0.5) is 0 Å². The van der Waals surface area contributed by atoms with Crippen molar-refractivity contribution in [2.45, 2.75) is 11.8 Å². The van der Waals surface area contributed by atoms with Gasteiger partial charge in [0.15, 0.2) is 11.5 Å². The average Bonchev–Trinajstić information content (AvgIpc) is 2.51. The van der Waals surface area contributed by atoms with E-state index in [1.807, 2.05) is 0 Å². The van der Waals surface area contributed by atoms with E-state index < -0.39 is 10.0 Å². The van der Waals surface area contributed by atoms with E-state index in [0.29, 0.717) is 24.7 Å². The molecule has 0 aromatic heterocycles. The first kappa shape index (κ1) is 16.6. The van der Waals surface area contributed by atoms with Gasteiger partial charge in [-0.3, -0.25) is 4.79 Å². The third-order valence-corrected chi connectivity index (χ3v) is 5.23. The van der Waals surface area contributed by atoms with E-state index in [4.69, 9.17) is 9.47 Å². The van der Waals surface area contributed by atoms with Gasteiger partial charge in [-0.1, -0.05) is 6.92 Å². The summed E-state index contributed by atoms with van der Waals surface area (Å²) in [6, 6.07) is 4.47. The number of likely N-dealkylation sites (N-methyl/N-ethyl adjacent to an activating group) is 2. The first-order valence-corrected chi connectivity index (χ1v) is 8.40. The van der Waals surface area contributed by atoms with Crippen molar-refractivity contribution in [3.63, 3.8) is 0 Å². The Morgan fingerprint density at radius 3 is 2.41 bits per heavy atom. The third-order valence-electron chi connectivity index (χ3n) is 3.31. The molecule has 2 rings (SSSR count). The Morgan fingerprint density at radius 1 is 1.18 bits per heavy atom. The molecule has 0 aliphatic carbocycles. The quantitative estimate of drug-likeness (QED) is 0.789. The van der Waals surface area contributed by atoms with Gasteiger partial charge in [-0.25, -0.2) is 8.42 Å². The van der Waals surface area contributed by atoms with E-state index >= 15 is 0 Å². The Bertz CT molecular complexity index is 657. The Kier molecular flexibility index (Phi) is 4.92. The zero-order valence-corrected chi connectivity index (χ0v) is 13.7. The number of ether oxygens (including phenoxy) is 2. The number of rotatable bonds is 5. The predicted octanol–water partition coefficient (Wildman–Crippen LogP) is 0.557. The fourth-order valence-corrected chi connectivity index (χ4v) is 3.41. The maximum absolute atomic E-state index is 12.7. The van der Waals surface area contributed by atoms with Gasteiger partial charge in [0.1, 0.15) is 13.2 Å². The van der Waals surface area contributed by atoms with Crippen LogP contribution >= 0.6 is 0 Å². The molecule has 7 nitrogen and oxygen atoms in total. The van der Waals surface area contributed by atoms with Crippen molar-refractivity contribution >= 4 is 15.9 Å². The summed E-state index contributed by atoms with van der Waals surface area (Å²) in [6.45, 7) is 2.53. The summed E-state index contributed by atoms with van der Waals surface area (Å²) >= 11 is 0. The van der Waals surface area contributed by atoms with Crippen molar-refractivity contribution in [2.75, 3.05) is 40.4 Å². The van der Waals surface area contributed by atoms with E-state index in [-0.39, 0.29) is 23.9 Å². The Balaban J connectivity index is 2.30. The molecule has 0 fully saturated rings. The summed E-state index contributed by atoms with van der Waals surface area (Å²) in [5, 5.41) is 0. The minimum atomic E-state index is -3.76. The summed E-state index contributed by atoms with van der Waals surface area (Å²) in [4.78, 5) is 13.2. The molecule has 0 bridgehead atoms. The Labute approximate surface area is 130 Å². The van der Waals surface area contributed by atoms with Gasteiger partial charge < -0.3 is 14.4 Å². The molecule has 0 spiro atoms. The summed E-state index contributed by atoms with van der Waals surface area (Å²) in [6.07, 6.45) is 0. The molecule has 122 valence electrons. The highest BCUT2D eigenvalue weighted by Gasteiger charge is 2.27. The molecule has 1 aliphatic rings. The molecule has 1 heterocycles. The molecule has 1 aliphatic heterocycles. The number of amides is 1. The summed E-state index contributed by atoms with van der Waals surface area (Å²) in [5.41, 5.74) is 0. The zero-order chi connectivity index (χ0) is 16.3. The van der Waals surface area contributed by atoms with Gasteiger partial charge in [-0.15, -0.1) is 0 Å². The minimum absolute atomic E-state index is 0.0881. The van der Waals surface area contributed by atoms with Crippen molar-refractivity contribution in [1.29, 1.82) is 0 Å². The molecule has 0 saturated heterocycles. The number of fused-ring (bicyclic) bond motifs is 1. The van der Waals surface area contributed by atoms with Crippen molar-refractivity contribution in [3.05, 3.63) is 18.2 Å². The van der Waals surface area contributed by atoms with Crippen LogP contribution in [0.5, 0.6) is 11.5 Å². The first-order chi connectivity index (χ1) is 10.4. The highest BCUT2D eigenvalue weighted by atomic mass is 32.2. The number of nitrogens with zero attached hydrogens (tertiary/aromatic N) is 2. The molecule has 1 aromatic rings. The largest absolute Gasteiger partial charge is 0.486 e. The van der Waals surface area contributed by atoms with Gasteiger partial charge in [-0.2, -0.15) is 4.31 Å². The number of benzene rings is 1. The highest BCUT2D eigenvalue weighted by Crippen LogP contribution is 2.33. The van der Waals surface area contributed by atoms with E-state index in [0.717, 1.165) is 4.31 Å². The van der Waals surface area contributed by atoms with Crippen LogP contribution in [0, 0.1) is 0 Å². The second-order valence-corrected chi connectivity index (χ2v) is 6.96. The number of hydrogen-bond acceptors (Lipinski definition) is 5. The lowest BCUT2D eigenvalue weighted by Gasteiger charge is -2.23. The van der Waals surface area contributed by atoms with Crippen LogP contribution in [0.2, 0.25) is 0 Å². The number of hydrogen-bond donors (Lipinski definition) is 0. The summed E-state index contributed by atoms with van der Waals surface area (Å²) < 4.78 is 37.3. The maximum Gasteiger partial charge on any atom is 0.243 e. The molecule has 0 saturated carbocycles. The van der Waals surface area contributed by atoms with Gasteiger partial charge in [0.05, 0.1) is 11.4 Å². The van der Waals surface area contributed by atoms with Crippen LogP contribution in [-0.4, -0.2) is 63.9 Å². The predicted molar refractivity (Wildman–Crippen MR) is 80.6 cm³/mol. The lowest BCUT2D eigenvalue weighted by atomic mass is 10.3. The minimum Gasteiger partial charge on any atom is -0.486 e. The van der Waals surface area contributed by atoms with Crippen molar-refractivity contribution in [1.82, 2.24) is 9.21 Å². The maximum atomic E-state index is 12.7. The molecular formula is C14H20N2O5S. The fourth-order valence-electron chi connectivity index (χ4n) is 1.99. The van der Waals surface area contributed by atoms with E-state index in [9.17, 15) is 13.2 Å². The molecule has 1 amide bonds. The fraction of sp³-hybridized carbons (Fsp3) is 0.500. The van der Waals surface area contributed by atoms with E-state index in [2.05, 4.69) is 0 Å². The van der Waals surface area contributed by atoms with Gasteiger partial charge in [0.2, 0.25) is 15.9 Å². The molecule has 0 atom stereocenters. The molecular weight excluding hydrogens is 308 g/mol. The Hall–Kier alpha value is -1.80. The van der Waals surface area contributed by atoms with Crippen LogP contribution in [0.1, 0.15) is 6.92 Å². The highest BCUT2D eigenvalue weighted by molar-refractivity contribution is 7.89. The van der Waals surface area contributed by atoms with Crippen molar-refractivity contribution in [2.24, 2.45) is 0 Å². The van der Waals surface area contributed by atoms with Crippen LogP contribution in [0.25, 0.3) is 0 Å². The second-order valence-electron chi connectivity index (χ2n) is 5.02. The molecule has 0 N–H and O–H groups in total. The molecule has 1 aromatic carbocycles. The van der Waals surface area contributed by atoms with E-state index in [1.165, 1.54) is 17.0 Å². The third kappa shape index (κ3) is 3.33. The van der Waals surface area contributed by atoms with Crippen LogP contribution in [0.3, 0.4) is 0 Å². The van der Waals surface area contributed by atoms with Crippen molar-refractivity contribution in [3.8, 4) is 11.5 Å². The van der Waals surface area contributed by atoms with Crippen LogP contribution in [-0.2, 0) is 14.8 Å². The van der Waals surface area contributed by atoms with Gasteiger partial charge in [0, 0.05) is 26.7 Å². The Morgan fingerprint density at radius 2 is 1.82 bits per heavy atom. The molecule has 8 heteroatoms. The number of carbonyl (C=O) groups is 1. The van der Waals surface area contributed by atoms with E-state index in [1.54, 1.807) is 27.1 Å². The van der Waals surface area contributed by atoms with Gasteiger partial charge >= 0.3 is 0 Å². The lowest BCUT2D eigenvalue weighted by molar-refractivity contribution is -0.128. The summed E-state index contributed by atoms with van der Waals surface area (Å²) in [5.74, 6) is 0.655. The number of sulfonamides is 1.